The number of nitrogens with zero attached hydrogens (tertiary/aromatic N) is 2. The fourth-order valence-corrected chi connectivity index (χ4v) is 4.25. The summed E-state index contributed by atoms with van der Waals surface area (Å²) in [6, 6.07) is 4.96. The quantitative estimate of drug-likeness (QED) is 0.737. The van der Waals surface area contributed by atoms with Crippen LogP contribution in [0.2, 0.25) is 0 Å². The van der Waals surface area contributed by atoms with Crippen molar-refractivity contribution in [3.05, 3.63) is 29.8 Å². The van der Waals surface area contributed by atoms with Crippen LogP contribution in [-0.2, 0) is 16.1 Å². The van der Waals surface area contributed by atoms with Gasteiger partial charge in [-0.1, -0.05) is 0 Å². The first kappa shape index (κ1) is 19.3. The van der Waals surface area contributed by atoms with Gasteiger partial charge in [0.05, 0.1) is 23.5 Å². The van der Waals surface area contributed by atoms with Crippen LogP contribution in [0.3, 0.4) is 0 Å². The van der Waals surface area contributed by atoms with E-state index in [1.54, 1.807) is 6.07 Å². The second-order valence-corrected chi connectivity index (χ2v) is 7.89. The van der Waals surface area contributed by atoms with Gasteiger partial charge in [0.2, 0.25) is 5.91 Å². The van der Waals surface area contributed by atoms with Crippen molar-refractivity contribution in [2.24, 2.45) is 11.7 Å². The van der Waals surface area contributed by atoms with Crippen LogP contribution in [0.25, 0.3) is 11.0 Å². The molecule has 7 nitrogen and oxygen atoms in total. The minimum absolute atomic E-state index is 0.0257. The van der Waals surface area contributed by atoms with E-state index in [0.29, 0.717) is 29.4 Å². The number of ether oxygens (including phenoxy) is 1. The number of carbonyl (C=O) groups is 1. The van der Waals surface area contributed by atoms with Crippen LogP contribution in [0.15, 0.2) is 18.2 Å². The van der Waals surface area contributed by atoms with Crippen molar-refractivity contribution in [1.29, 1.82) is 0 Å². The minimum Gasteiger partial charge on any atom is -0.381 e. The van der Waals surface area contributed by atoms with Crippen molar-refractivity contribution in [2.45, 2.75) is 44.3 Å². The van der Waals surface area contributed by atoms with E-state index in [1.165, 1.54) is 12.1 Å². The second kappa shape index (κ2) is 8.55. The third kappa shape index (κ3) is 4.51. The normalized spacial score (nSPS) is 24.9. The Morgan fingerprint density at radius 2 is 2.11 bits per heavy atom. The first-order valence-electron chi connectivity index (χ1n) is 10.1. The zero-order valence-electron chi connectivity index (χ0n) is 16.0. The lowest BCUT2D eigenvalue weighted by Crippen LogP contribution is -2.47. The molecule has 1 aromatic carbocycles. The lowest BCUT2D eigenvalue weighted by Gasteiger charge is -2.35. The van der Waals surface area contributed by atoms with Crippen LogP contribution in [-0.4, -0.2) is 59.2 Å². The Bertz CT molecular complexity index is 820. The lowest BCUT2D eigenvalue weighted by atomic mass is 10.0. The van der Waals surface area contributed by atoms with Crippen LogP contribution in [0.1, 0.15) is 31.5 Å². The number of rotatable bonds is 4. The Morgan fingerprint density at radius 3 is 2.93 bits per heavy atom. The molecule has 0 unspecified atom stereocenters. The van der Waals surface area contributed by atoms with E-state index in [1.807, 2.05) is 0 Å². The molecule has 2 aliphatic rings. The topological polar surface area (TPSA) is 96.3 Å². The fraction of sp³-hybridized carbons (Fsp3) is 0.600. The maximum atomic E-state index is 13.3. The van der Waals surface area contributed by atoms with E-state index >= 15 is 0 Å². The van der Waals surface area contributed by atoms with Gasteiger partial charge in [-0.25, -0.2) is 9.37 Å². The molecule has 4 rings (SSSR count). The summed E-state index contributed by atoms with van der Waals surface area (Å²) in [5, 5.41) is 2.99. The third-order valence-electron chi connectivity index (χ3n) is 5.81. The first-order chi connectivity index (χ1) is 13.6. The molecule has 28 heavy (non-hydrogen) atoms. The summed E-state index contributed by atoms with van der Waals surface area (Å²) in [6.07, 6.45) is 3.63. The summed E-state index contributed by atoms with van der Waals surface area (Å²) in [5.74, 6) is 0.256. The number of halogens is 1. The number of fused-ring (bicyclic) bond motifs is 1. The van der Waals surface area contributed by atoms with Crippen LogP contribution >= 0.6 is 0 Å². The van der Waals surface area contributed by atoms with Crippen LogP contribution < -0.4 is 11.1 Å². The predicted molar refractivity (Wildman–Crippen MR) is 104 cm³/mol. The molecule has 1 aromatic heterocycles. The largest absolute Gasteiger partial charge is 0.381 e. The van der Waals surface area contributed by atoms with Crippen molar-refractivity contribution >= 4 is 16.9 Å². The molecule has 1 amide bonds. The standard InChI is InChI=1S/C20H28FN5O2/c21-14-2-4-17-18(9-14)25-19(24-17)10-23-20(27)13-1-3-15(22)12-26(11-13)16-5-7-28-8-6-16/h2,4,9,13,15-16H,1,3,5-8,10-12,22H2,(H,23,27)(H,24,25)/t13-,15+/m1/s1. The van der Waals surface area contributed by atoms with Crippen LogP contribution in [0.4, 0.5) is 4.39 Å². The Hall–Kier alpha value is -2.03. The number of hydrogen-bond donors (Lipinski definition) is 3. The van der Waals surface area contributed by atoms with Gasteiger partial charge in [-0.3, -0.25) is 9.69 Å². The summed E-state index contributed by atoms with van der Waals surface area (Å²) in [4.78, 5) is 22.7. The zero-order chi connectivity index (χ0) is 19.5. The number of aromatic nitrogens is 2. The summed E-state index contributed by atoms with van der Waals surface area (Å²) in [7, 11) is 0. The highest BCUT2D eigenvalue weighted by Gasteiger charge is 2.31. The molecule has 0 saturated carbocycles. The number of hydrogen-bond acceptors (Lipinski definition) is 5. The van der Waals surface area contributed by atoms with Gasteiger partial charge in [0.15, 0.2) is 0 Å². The monoisotopic (exact) mass is 389 g/mol. The van der Waals surface area contributed by atoms with E-state index in [9.17, 15) is 9.18 Å². The number of carbonyl (C=O) groups excluding carboxylic acids is 1. The fourth-order valence-electron chi connectivity index (χ4n) is 4.25. The SMILES string of the molecule is N[C@H]1CC[C@@H](C(=O)NCc2nc3ccc(F)cc3[nH]2)CN(C2CCOCC2)C1. The number of nitrogens with one attached hydrogen (secondary N) is 2. The molecule has 2 aliphatic heterocycles. The molecule has 2 aromatic rings. The number of imidazole rings is 1. The second-order valence-electron chi connectivity index (χ2n) is 7.89. The maximum Gasteiger partial charge on any atom is 0.224 e. The molecule has 0 aliphatic carbocycles. The molecule has 2 saturated heterocycles. The van der Waals surface area contributed by atoms with Gasteiger partial charge >= 0.3 is 0 Å². The first-order valence-corrected chi connectivity index (χ1v) is 10.1. The molecule has 2 atom stereocenters. The molecule has 4 N–H and O–H groups in total. The predicted octanol–water partition coefficient (Wildman–Crippen LogP) is 1.54. The summed E-state index contributed by atoms with van der Waals surface area (Å²) >= 11 is 0. The van der Waals surface area contributed by atoms with Crippen molar-refractivity contribution in [3.8, 4) is 0 Å². The van der Waals surface area contributed by atoms with Crippen molar-refractivity contribution < 1.29 is 13.9 Å². The smallest absolute Gasteiger partial charge is 0.224 e. The van der Waals surface area contributed by atoms with Gasteiger partial charge in [-0.15, -0.1) is 0 Å². The average Bonchev–Trinajstić information content (AvgIpc) is 2.99. The summed E-state index contributed by atoms with van der Waals surface area (Å²) < 4.78 is 18.8. The number of amides is 1. The van der Waals surface area contributed by atoms with Gasteiger partial charge in [0.1, 0.15) is 11.6 Å². The highest BCUT2D eigenvalue weighted by Crippen LogP contribution is 2.23. The molecule has 0 radical (unpaired) electrons. The third-order valence-corrected chi connectivity index (χ3v) is 5.81. The Labute approximate surface area is 163 Å². The van der Waals surface area contributed by atoms with E-state index in [0.717, 1.165) is 52.0 Å². The van der Waals surface area contributed by atoms with Gasteiger partial charge in [0, 0.05) is 38.4 Å². The molecule has 0 bridgehead atoms. The highest BCUT2D eigenvalue weighted by atomic mass is 19.1. The summed E-state index contributed by atoms with van der Waals surface area (Å²) in [5.41, 5.74) is 7.59. The molecule has 152 valence electrons. The van der Waals surface area contributed by atoms with Gasteiger partial charge < -0.3 is 20.8 Å². The zero-order valence-corrected chi connectivity index (χ0v) is 16.0. The Kier molecular flexibility index (Phi) is 5.89. The van der Waals surface area contributed by atoms with Crippen LogP contribution in [0.5, 0.6) is 0 Å². The van der Waals surface area contributed by atoms with Crippen LogP contribution in [0, 0.1) is 11.7 Å². The number of likely N-dealkylation sites (tertiary alicyclic amines) is 1. The number of nitrogens with two attached hydrogens (primary N) is 1. The minimum atomic E-state index is -0.310. The number of benzene rings is 1. The van der Waals surface area contributed by atoms with Gasteiger partial charge in [0.25, 0.3) is 0 Å². The molecule has 2 fully saturated rings. The lowest BCUT2D eigenvalue weighted by molar-refractivity contribution is -0.126. The van der Waals surface area contributed by atoms with E-state index in [4.69, 9.17) is 10.5 Å². The van der Waals surface area contributed by atoms with E-state index in [2.05, 4.69) is 20.2 Å². The molecular weight excluding hydrogens is 361 g/mol. The highest BCUT2D eigenvalue weighted by molar-refractivity contribution is 5.79. The molecule has 8 heteroatoms. The van der Waals surface area contributed by atoms with Gasteiger partial charge in [-0.05, 0) is 43.9 Å². The number of aromatic amines is 1. The molecule has 3 heterocycles. The van der Waals surface area contributed by atoms with E-state index in [-0.39, 0.29) is 23.7 Å². The molecule has 0 spiro atoms. The van der Waals surface area contributed by atoms with Crippen molar-refractivity contribution in [1.82, 2.24) is 20.2 Å². The summed E-state index contributed by atoms with van der Waals surface area (Å²) in [6.45, 7) is 3.42. The van der Waals surface area contributed by atoms with E-state index < -0.39 is 0 Å². The Balaban J connectivity index is 1.38. The van der Waals surface area contributed by atoms with Crippen molar-refractivity contribution in [2.75, 3.05) is 26.3 Å². The average molecular weight is 389 g/mol. The maximum absolute atomic E-state index is 13.3. The molecular formula is C20H28FN5O2. The number of H-pyrrole nitrogens is 1. The van der Waals surface area contributed by atoms with Gasteiger partial charge in [-0.2, -0.15) is 0 Å². The Morgan fingerprint density at radius 1 is 1.29 bits per heavy atom. The van der Waals surface area contributed by atoms with Crippen molar-refractivity contribution in [3.63, 3.8) is 0 Å².